The number of H-pyrrole nitrogens is 1. The van der Waals surface area contributed by atoms with E-state index in [0.29, 0.717) is 17.5 Å². The van der Waals surface area contributed by atoms with Gasteiger partial charge in [-0.3, -0.25) is 13.7 Å². The van der Waals surface area contributed by atoms with Crippen LogP contribution < -0.4 is 23.7 Å². The summed E-state index contributed by atoms with van der Waals surface area (Å²) in [5.41, 5.74) is 16.1. The fraction of sp³-hybridized carbons (Fsp3) is 0.228. The fourth-order valence-electron chi connectivity index (χ4n) is 12.8. The van der Waals surface area contributed by atoms with Gasteiger partial charge in [0.1, 0.15) is 69.8 Å². The molecule has 115 heavy (non-hydrogen) atoms. The first-order valence-electron chi connectivity index (χ1n) is 38.3. The lowest BCUT2D eigenvalue weighted by Crippen LogP contribution is -2.14. The normalized spacial score (nSPS) is 11.7. The van der Waals surface area contributed by atoms with E-state index < -0.39 is 11.2 Å². The van der Waals surface area contributed by atoms with Crippen molar-refractivity contribution < 1.29 is 33.9 Å². The molecule has 0 aliphatic heterocycles. The molecule has 0 saturated heterocycles. The van der Waals surface area contributed by atoms with Crippen LogP contribution in [0.2, 0.25) is 0 Å². The second-order valence-corrected chi connectivity index (χ2v) is 30.1. The first-order chi connectivity index (χ1) is 55.3. The van der Waals surface area contributed by atoms with Crippen LogP contribution in [0.1, 0.15) is 108 Å². The van der Waals surface area contributed by atoms with Crippen LogP contribution in [-0.2, 0) is 11.2 Å². The first-order valence-corrected chi connectivity index (χ1v) is 38.3. The Labute approximate surface area is 667 Å². The van der Waals surface area contributed by atoms with Crippen molar-refractivity contribution in [2.75, 3.05) is 0 Å². The summed E-state index contributed by atoms with van der Waals surface area (Å²) in [7, 11) is 0. The Hall–Kier alpha value is -13.5. The quantitative estimate of drug-likeness (QED) is 0.0640. The maximum absolute atomic E-state index is 10.1. The molecule has 0 aliphatic rings. The molecule has 0 bridgehead atoms. The summed E-state index contributed by atoms with van der Waals surface area (Å²) in [5.74, 6) is 6.13. The zero-order valence-corrected chi connectivity index (χ0v) is 66.8. The lowest BCUT2D eigenvalue weighted by molar-refractivity contribution is 0.0780. The largest absolute Gasteiger partial charge is 0.491 e. The molecule has 23 heteroatoms. The zero-order valence-electron chi connectivity index (χ0n) is 66.8. The SMILES string of the molecule is CC(C)Oc1ccc(-c2ccc3nnn(-c4ccc(OC(C)C)cc4)c3c2)cc1.CC(C)Oc1ccc(-n2cnc3cnc(-c4ccc(C(C)(C)O)cc4)nc32)cc1.CC(C)Oc1ccc(-n2cnc3cnc(-c4ccc(C(C)(C)O)cc4)nc32)cc1.CC(C)Oc1ccc(-n2cnc3cnc(-c4ccc5[nH]ccc5c4)nc32)cc1. The van der Waals surface area contributed by atoms with E-state index in [1.165, 1.54) is 0 Å². The van der Waals surface area contributed by atoms with E-state index in [4.69, 9.17) is 38.6 Å². The molecule has 17 aromatic rings. The lowest BCUT2D eigenvalue weighted by atomic mass is 9.97. The molecule has 8 heterocycles. The molecule has 582 valence electrons. The number of hydrogen-bond donors (Lipinski definition) is 3. The van der Waals surface area contributed by atoms with E-state index >= 15 is 0 Å². The predicted molar refractivity (Wildman–Crippen MR) is 452 cm³/mol. The maximum atomic E-state index is 10.1. The van der Waals surface area contributed by atoms with Crippen LogP contribution in [0.4, 0.5) is 0 Å². The van der Waals surface area contributed by atoms with Crippen molar-refractivity contribution in [1.82, 2.24) is 78.5 Å². The summed E-state index contributed by atoms with van der Waals surface area (Å²) in [5, 5.41) is 30.1. The lowest BCUT2D eigenvalue weighted by Gasteiger charge is -2.17. The molecule has 0 fully saturated rings. The van der Waals surface area contributed by atoms with Crippen LogP contribution in [0.25, 0.3) is 123 Å². The molecule has 0 radical (unpaired) electrons. The number of fused-ring (bicyclic) bond motifs is 5. The molecule has 8 aromatic heterocycles. The Morgan fingerprint density at radius 1 is 0.330 bits per heavy atom. The number of imidazole rings is 3. The number of benzene rings is 9. The van der Waals surface area contributed by atoms with Gasteiger partial charge >= 0.3 is 0 Å². The molecule has 3 N–H and O–H groups in total. The van der Waals surface area contributed by atoms with Crippen molar-refractivity contribution in [2.45, 2.75) is 139 Å². The Balaban J connectivity index is 0.000000127. The molecule has 0 spiro atoms. The number of rotatable bonds is 20. The molecule has 0 unspecified atom stereocenters. The van der Waals surface area contributed by atoms with Crippen molar-refractivity contribution in [3.05, 3.63) is 267 Å². The second-order valence-electron chi connectivity index (χ2n) is 30.1. The van der Waals surface area contributed by atoms with Crippen LogP contribution >= 0.6 is 0 Å². The molecule has 23 nitrogen and oxygen atoms in total. The molecule has 0 atom stereocenters. The predicted octanol–water partition coefficient (Wildman–Crippen LogP) is 19.4. The highest BCUT2D eigenvalue weighted by Crippen LogP contribution is 2.33. The summed E-state index contributed by atoms with van der Waals surface area (Å²) in [6, 6.07) is 69.4. The van der Waals surface area contributed by atoms with E-state index in [1.807, 2.05) is 276 Å². The second kappa shape index (κ2) is 33.8. The third-order valence-corrected chi connectivity index (χ3v) is 18.3. The van der Waals surface area contributed by atoms with Crippen molar-refractivity contribution in [2.24, 2.45) is 0 Å². The molecule has 0 amide bonds. The number of ether oxygens (including phenoxy) is 5. The zero-order chi connectivity index (χ0) is 80.7. The summed E-state index contributed by atoms with van der Waals surface area (Å²) in [6.07, 6.45) is 13.2. The number of hydrogen-bond acceptors (Lipinski definition) is 18. The van der Waals surface area contributed by atoms with E-state index in [-0.39, 0.29) is 30.5 Å². The number of nitrogens with one attached hydrogen (secondary N) is 1. The van der Waals surface area contributed by atoms with Crippen LogP contribution in [0.5, 0.6) is 28.7 Å². The minimum atomic E-state index is -0.882. The number of aromatic amines is 1. The highest BCUT2D eigenvalue weighted by atomic mass is 16.5. The minimum Gasteiger partial charge on any atom is -0.491 e. The molecule has 0 aliphatic carbocycles. The summed E-state index contributed by atoms with van der Waals surface area (Å²) < 4.78 is 36.3. The van der Waals surface area contributed by atoms with Gasteiger partial charge in [0, 0.05) is 50.9 Å². The van der Waals surface area contributed by atoms with Gasteiger partial charge < -0.3 is 38.9 Å². The first kappa shape index (κ1) is 78.2. The average Bonchev–Trinajstić information content (AvgIpc) is 1.69. The van der Waals surface area contributed by atoms with Crippen LogP contribution in [0, 0.1) is 0 Å². The van der Waals surface area contributed by atoms with Gasteiger partial charge in [-0.25, -0.2) is 49.5 Å². The molecular formula is C92H92N16O7. The van der Waals surface area contributed by atoms with Gasteiger partial charge in [0.25, 0.3) is 0 Å². The number of nitrogens with zero attached hydrogens (tertiary/aromatic N) is 15. The highest BCUT2D eigenvalue weighted by molar-refractivity contribution is 5.86. The fourth-order valence-corrected chi connectivity index (χ4v) is 12.8. The molecule has 0 saturated carbocycles. The van der Waals surface area contributed by atoms with Gasteiger partial charge in [-0.05, 0) is 265 Å². The Kier molecular flexibility index (Phi) is 23.0. The molecule has 9 aromatic carbocycles. The van der Waals surface area contributed by atoms with Gasteiger partial charge in [0.05, 0.1) is 71.5 Å². The van der Waals surface area contributed by atoms with Crippen LogP contribution in [-0.4, -0.2) is 119 Å². The maximum Gasteiger partial charge on any atom is 0.168 e. The Morgan fingerprint density at radius 3 is 1.03 bits per heavy atom. The third-order valence-electron chi connectivity index (χ3n) is 18.3. The van der Waals surface area contributed by atoms with Crippen LogP contribution in [0.15, 0.2) is 256 Å². The Bertz CT molecular complexity index is 5930. The standard InChI is InChI=1S/C24H25N3O2.2C23H24N4O2.C22H19N5O/c1-16(2)28-21-10-5-18(6-11-21)19-7-14-23-24(15-19)27(26-25-23)20-8-12-22(13-9-20)29-17(3)4;2*1-15(2)29-19-11-9-18(10-12-19)27-14-25-20-13-24-21(26-22(20)27)16-5-7-17(8-6-16)23(3,4)28;1-14(2)28-18-6-4-17(5-7-18)27-13-25-20-12-24-21(26-22(20)27)16-3-8-19-15(11-16)9-10-23-19/h5-17H,1-4H3;2*5-15,28H,1-4H3;3-14,23H,1-2H3. The minimum absolute atomic E-state index is 0.132. The van der Waals surface area contributed by atoms with E-state index in [1.54, 1.807) is 65.3 Å². The summed E-state index contributed by atoms with van der Waals surface area (Å²) in [4.78, 5) is 44.2. The number of aromatic nitrogens is 16. The van der Waals surface area contributed by atoms with Crippen molar-refractivity contribution in [3.8, 4) is 96.8 Å². The van der Waals surface area contributed by atoms with Gasteiger partial charge in [0.15, 0.2) is 34.4 Å². The van der Waals surface area contributed by atoms with Crippen molar-refractivity contribution >= 4 is 55.4 Å². The topological polar surface area (TPSA) is 264 Å². The number of aliphatic hydroxyl groups is 2. The van der Waals surface area contributed by atoms with Gasteiger partial charge in [-0.2, -0.15) is 0 Å². The van der Waals surface area contributed by atoms with Gasteiger partial charge in [-0.1, -0.05) is 71.9 Å². The highest BCUT2D eigenvalue weighted by Gasteiger charge is 2.20. The van der Waals surface area contributed by atoms with E-state index in [0.717, 1.165) is 146 Å². The van der Waals surface area contributed by atoms with Crippen molar-refractivity contribution in [1.29, 1.82) is 0 Å². The van der Waals surface area contributed by atoms with E-state index in [9.17, 15) is 10.2 Å². The smallest absolute Gasteiger partial charge is 0.168 e. The van der Waals surface area contributed by atoms with Gasteiger partial charge in [-0.15, -0.1) is 5.10 Å². The monoisotopic (exact) mass is 1530 g/mol. The molecule has 17 rings (SSSR count). The molecular weight excluding hydrogens is 1440 g/mol. The van der Waals surface area contributed by atoms with Gasteiger partial charge in [0.2, 0.25) is 0 Å². The average molecular weight is 1530 g/mol. The summed E-state index contributed by atoms with van der Waals surface area (Å²) >= 11 is 0. The van der Waals surface area contributed by atoms with Crippen molar-refractivity contribution in [3.63, 3.8) is 0 Å². The Morgan fingerprint density at radius 2 is 0.661 bits per heavy atom. The third kappa shape index (κ3) is 18.8. The summed E-state index contributed by atoms with van der Waals surface area (Å²) in [6.45, 7) is 27.2. The van der Waals surface area contributed by atoms with Crippen LogP contribution in [0.3, 0.4) is 0 Å². The van der Waals surface area contributed by atoms with E-state index in [2.05, 4.69) is 75.5 Å².